The molecule has 9 heteroatoms. The lowest BCUT2D eigenvalue weighted by atomic mass is 10.2. The molecule has 1 heterocycles. The normalized spacial score (nSPS) is 15.7. The van der Waals surface area contributed by atoms with E-state index in [9.17, 15) is 18.0 Å². The van der Waals surface area contributed by atoms with Crippen LogP contribution in [0.5, 0.6) is 5.75 Å². The molecule has 2 aromatic rings. The van der Waals surface area contributed by atoms with Gasteiger partial charge in [-0.3, -0.25) is 4.79 Å². The quantitative estimate of drug-likeness (QED) is 0.641. The van der Waals surface area contributed by atoms with Crippen LogP contribution in [0.1, 0.15) is 11.1 Å². The van der Waals surface area contributed by atoms with Gasteiger partial charge in [0.25, 0.3) is 0 Å². The molecular formula is C17H12F3N3O2S. The van der Waals surface area contributed by atoms with Crippen LogP contribution in [0.3, 0.4) is 0 Å². The summed E-state index contributed by atoms with van der Waals surface area (Å²) in [4.78, 5) is 11.1. The lowest BCUT2D eigenvalue weighted by molar-refractivity contribution is -0.116. The number of ether oxygens (including phenoxy) is 1. The predicted octanol–water partition coefficient (Wildman–Crippen LogP) is 3.24. The van der Waals surface area contributed by atoms with Crippen molar-refractivity contribution in [1.29, 1.82) is 0 Å². The molecule has 0 unspecified atom stereocenters. The van der Waals surface area contributed by atoms with Crippen molar-refractivity contribution in [1.82, 2.24) is 5.32 Å². The maximum atomic E-state index is 13.7. The van der Waals surface area contributed by atoms with Crippen LogP contribution in [0.4, 0.5) is 13.2 Å². The summed E-state index contributed by atoms with van der Waals surface area (Å²) >= 11 is 1.21. The SMILES string of the molecule is O=C1CSC(=NN=Cc2ccc(F)cc2OCc2ccc(F)cc2F)N1. The first-order valence-electron chi connectivity index (χ1n) is 7.41. The van der Waals surface area contributed by atoms with E-state index in [-0.39, 0.29) is 29.6 Å². The molecule has 134 valence electrons. The van der Waals surface area contributed by atoms with E-state index in [1.54, 1.807) is 0 Å². The molecule has 1 fully saturated rings. The Bertz CT molecular complexity index is 903. The van der Waals surface area contributed by atoms with Crippen molar-refractivity contribution in [2.45, 2.75) is 6.61 Å². The van der Waals surface area contributed by atoms with Crippen LogP contribution >= 0.6 is 11.8 Å². The second-order valence-electron chi connectivity index (χ2n) is 5.19. The van der Waals surface area contributed by atoms with Crippen LogP contribution in [0, 0.1) is 17.5 Å². The van der Waals surface area contributed by atoms with Crippen LogP contribution in [-0.2, 0) is 11.4 Å². The Balaban J connectivity index is 1.74. The van der Waals surface area contributed by atoms with E-state index in [4.69, 9.17) is 4.74 Å². The van der Waals surface area contributed by atoms with Crippen LogP contribution < -0.4 is 10.1 Å². The van der Waals surface area contributed by atoms with E-state index in [0.29, 0.717) is 10.7 Å². The highest BCUT2D eigenvalue weighted by atomic mass is 32.2. The van der Waals surface area contributed by atoms with Crippen LogP contribution in [0.15, 0.2) is 46.6 Å². The van der Waals surface area contributed by atoms with Crippen LogP contribution in [0.2, 0.25) is 0 Å². The molecule has 1 aliphatic rings. The minimum absolute atomic E-state index is 0.126. The number of carbonyl (C=O) groups excluding carboxylic acids is 1. The molecule has 0 aliphatic carbocycles. The first kappa shape index (κ1) is 18.0. The highest BCUT2D eigenvalue weighted by Crippen LogP contribution is 2.21. The van der Waals surface area contributed by atoms with Gasteiger partial charge in [0.05, 0.1) is 12.0 Å². The highest BCUT2D eigenvalue weighted by Gasteiger charge is 2.16. The zero-order valence-corrected chi connectivity index (χ0v) is 14.0. The third-order valence-electron chi connectivity index (χ3n) is 3.31. The largest absolute Gasteiger partial charge is 0.488 e. The summed E-state index contributed by atoms with van der Waals surface area (Å²) in [5.74, 6) is -1.74. The number of nitrogens with one attached hydrogen (secondary N) is 1. The van der Waals surface area contributed by atoms with Gasteiger partial charge in [-0.05, 0) is 24.3 Å². The molecule has 1 amide bonds. The lowest BCUT2D eigenvalue weighted by Gasteiger charge is -2.10. The molecule has 2 aromatic carbocycles. The number of amidine groups is 1. The first-order chi connectivity index (χ1) is 12.5. The molecule has 0 bridgehead atoms. The average Bonchev–Trinajstić information content (AvgIpc) is 3.01. The minimum atomic E-state index is -0.753. The Labute approximate surface area is 151 Å². The molecule has 1 aliphatic heterocycles. The monoisotopic (exact) mass is 379 g/mol. The van der Waals surface area contributed by atoms with Gasteiger partial charge in [0.1, 0.15) is 29.8 Å². The molecule has 1 saturated heterocycles. The van der Waals surface area contributed by atoms with E-state index < -0.39 is 17.5 Å². The molecule has 26 heavy (non-hydrogen) atoms. The zero-order chi connectivity index (χ0) is 18.5. The minimum Gasteiger partial charge on any atom is -0.488 e. The smallest absolute Gasteiger partial charge is 0.236 e. The molecule has 5 nitrogen and oxygen atoms in total. The fourth-order valence-electron chi connectivity index (χ4n) is 2.06. The fourth-order valence-corrected chi connectivity index (χ4v) is 2.69. The van der Waals surface area contributed by atoms with E-state index in [2.05, 4.69) is 15.5 Å². The fraction of sp³-hybridized carbons (Fsp3) is 0.118. The number of nitrogens with zero attached hydrogens (tertiary/aromatic N) is 2. The van der Waals surface area contributed by atoms with Crippen molar-refractivity contribution in [2.24, 2.45) is 10.2 Å². The molecule has 3 rings (SSSR count). The molecule has 0 spiro atoms. The third kappa shape index (κ3) is 4.63. The third-order valence-corrected chi connectivity index (χ3v) is 4.17. The van der Waals surface area contributed by atoms with E-state index >= 15 is 0 Å². The summed E-state index contributed by atoms with van der Waals surface area (Å²) in [6.07, 6.45) is 1.33. The Morgan fingerprint density at radius 2 is 1.92 bits per heavy atom. The van der Waals surface area contributed by atoms with Crippen molar-refractivity contribution in [3.8, 4) is 5.75 Å². The lowest BCUT2D eigenvalue weighted by Crippen LogP contribution is -2.19. The maximum Gasteiger partial charge on any atom is 0.236 e. The molecular weight excluding hydrogens is 367 g/mol. The average molecular weight is 379 g/mol. The summed E-state index contributed by atoms with van der Waals surface area (Å²) in [5.41, 5.74) is 0.538. The summed E-state index contributed by atoms with van der Waals surface area (Å²) in [5, 5.41) is 10.6. The van der Waals surface area contributed by atoms with Gasteiger partial charge in [-0.2, -0.15) is 5.10 Å². The molecule has 0 aromatic heterocycles. The van der Waals surface area contributed by atoms with Crippen molar-refractivity contribution in [3.63, 3.8) is 0 Å². The van der Waals surface area contributed by atoms with Crippen molar-refractivity contribution >= 4 is 29.1 Å². The first-order valence-corrected chi connectivity index (χ1v) is 8.40. The zero-order valence-electron chi connectivity index (χ0n) is 13.2. The number of carbonyl (C=O) groups is 1. The number of hydrogen-bond acceptors (Lipinski definition) is 5. The second-order valence-corrected chi connectivity index (χ2v) is 6.16. The van der Waals surface area contributed by atoms with Gasteiger partial charge in [0.15, 0.2) is 5.17 Å². The van der Waals surface area contributed by atoms with Gasteiger partial charge >= 0.3 is 0 Å². The Hall–Kier alpha value is -2.81. The standard InChI is InChI=1S/C17H12F3N3O2S/c18-12-4-2-11(14(20)5-12)8-25-15-6-13(19)3-1-10(15)7-21-23-17-22-16(24)9-26-17/h1-7H,8-9H2,(H,22,23,24). The van der Waals surface area contributed by atoms with E-state index in [0.717, 1.165) is 18.2 Å². The number of amides is 1. The molecule has 0 saturated carbocycles. The van der Waals surface area contributed by atoms with Crippen molar-refractivity contribution < 1.29 is 22.7 Å². The van der Waals surface area contributed by atoms with E-state index in [1.807, 2.05) is 0 Å². The van der Waals surface area contributed by atoms with Gasteiger partial charge in [-0.1, -0.05) is 11.8 Å². The number of benzene rings is 2. The van der Waals surface area contributed by atoms with Gasteiger partial charge in [-0.25, -0.2) is 13.2 Å². The maximum absolute atomic E-state index is 13.7. The summed E-state index contributed by atoms with van der Waals surface area (Å²) in [6.45, 7) is -0.211. The van der Waals surface area contributed by atoms with E-state index in [1.165, 1.54) is 36.2 Å². The summed E-state index contributed by atoms with van der Waals surface area (Å²) in [6, 6.07) is 6.88. The van der Waals surface area contributed by atoms with Crippen molar-refractivity contribution in [3.05, 3.63) is 65.0 Å². The summed E-state index contributed by atoms with van der Waals surface area (Å²) in [7, 11) is 0. The Morgan fingerprint density at radius 1 is 1.15 bits per heavy atom. The number of halogens is 3. The molecule has 0 atom stereocenters. The van der Waals surface area contributed by atoms with Gasteiger partial charge in [-0.15, -0.1) is 5.10 Å². The van der Waals surface area contributed by atoms with Crippen LogP contribution in [0.25, 0.3) is 0 Å². The Morgan fingerprint density at radius 3 is 2.65 bits per heavy atom. The second kappa shape index (κ2) is 8.05. The van der Waals surface area contributed by atoms with Crippen LogP contribution in [-0.4, -0.2) is 23.0 Å². The summed E-state index contributed by atoms with van der Waals surface area (Å²) < 4.78 is 45.5. The van der Waals surface area contributed by atoms with Gasteiger partial charge in [0, 0.05) is 23.3 Å². The number of thioether (sulfide) groups is 1. The molecule has 0 radical (unpaired) electrons. The molecule has 1 N–H and O–H groups in total. The highest BCUT2D eigenvalue weighted by molar-refractivity contribution is 8.15. The predicted molar refractivity (Wildman–Crippen MR) is 92.7 cm³/mol. The Kier molecular flexibility index (Phi) is 5.57. The van der Waals surface area contributed by atoms with Gasteiger partial charge in [0.2, 0.25) is 5.91 Å². The van der Waals surface area contributed by atoms with Crippen molar-refractivity contribution in [2.75, 3.05) is 5.75 Å². The number of rotatable bonds is 5. The number of hydrogen-bond donors (Lipinski definition) is 1. The van der Waals surface area contributed by atoms with Gasteiger partial charge < -0.3 is 10.1 Å². The topological polar surface area (TPSA) is 63.0 Å².